The Morgan fingerprint density at radius 2 is 1.70 bits per heavy atom. The quantitative estimate of drug-likeness (QED) is 0.322. The number of nitrogens with one attached hydrogen (secondary N) is 1. The summed E-state index contributed by atoms with van der Waals surface area (Å²) >= 11 is 0. The second-order valence-electron chi connectivity index (χ2n) is 9.69. The number of aromatic amines is 1. The maximum Gasteiger partial charge on any atom is 0.311 e. The average molecular weight is 506 g/mol. The highest BCUT2D eigenvalue weighted by Gasteiger charge is 2.22. The number of rotatable bonds is 10. The molecule has 4 aromatic rings. The number of amides is 1. The van der Waals surface area contributed by atoms with Gasteiger partial charge in [-0.25, -0.2) is 0 Å². The summed E-state index contributed by atoms with van der Waals surface area (Å²) in [6.45, 7) is 5.83. The van der Waals surface area contributed by atoms with Crippen LogP contribution < -0.4 is 9.47 Å². The van der Waals surface area contributed by atoms with Crippen molar-refractivity contribution in [2.45, 2.75) is 26.2 Å². The molecule has 0 saturated heterocycles. The Kier molecular flexibility index (Phi) is 7.83. The van der Waals surface area contributed by atoms with Crippen LogP contribution in [0.2, 0.25) is 0 Å². The number of benzene rings is 2. The molecule has 0 atom stereocenters. The zero-order chi connectivity index (χ0) is 26.7. The van der Waals surface area contributed by atoms with Gasteiger partial charge >= 0.3 is 11.8 Å². The Balaban J connectivity index is 1.66. The van der Waals surface area contributed by atoms with Crippen LogP contribution in [0.3, 0.4) is 0 Å². The summed E-state index contributed by atoms with van der Waals surface area (Å²) in [5.41, 5.74) is 4.94. The number of carbonyl (C=O) groups is 1. The summed E-state index contributed by atoms with van der Waals surface area (Å²) in [5.74, 6) is 1.62. The van der Waals surface area contributed by atoms with Gasteiger partial charge in [0.25, 0.3) is 0 Å². The second-order valence-corrected chi connectivity index (χ2v) is 9.69. The van der Waals surface area contributed by atoms with Gasteiger partial charge in [-0.1, -0.05) is 13.8 Å². The fourth-order valence-corrected chi connectivity index (χ4v) is 4.48. The first-order valence-electron chi connectivity index (χ1n) is 12.4. The van der Waals surface area contributed by atoms with E-state index in [0.29, 0.717) is 23.9 Å². The van der Waals surface area contributed by atoms with Gasteiger partial charge in [-0.2, -0.15) is 0 Å². The molecule has 1 N–H and O–H groups in total. The van der Waals surface area contributed by atoms with E-state index in [9.17, 15) is 4.79 Å². The molecular formula is C28H35N5O4. The minimum absolute atomic E-state index is 0.00776. The monoisotopic (exact) mass is 505 g/mol. The van der Waals surface area contributed by atoms with Crippen molar-refractivity contribution in [3.8, 4) is 34.2 Å². The summed E-state index contributed by atoms with van der Waals surface area (Å²) in [6, 6.07) is 11.9. The predicted octanol–water partition coefficient (Wildman–Crippen LogP) is 5.05. The first-order chi connectivity index (χ1) is 17.7. The topological polar surface area (TPSA) is 96.7 Å². The van der Waals surface area contributed by atoms with Gasteiger partial charge in [0, 0.05) is 35.6 Å². The van der Waals surface area contributed by atoms with Gasteiger partial charge in [-0.15, -0.1) is 10.2 Å². The SMILES string of the molecule is COc1ccc(-c2[nH]c3ccc(-c4nnc(C(=O)N(C)CCCN(C)C)o4)cc3c2C(C)C)cc1OC. The lowest BCUT2D eigenvalue weighted by atomic mass is 9.95. The number of carbonyl (C=O) groups excluding carboxylic acids is 1. The molecule has 9 heteroatoms. The first-order valence-corrected chi connectivity index (χ1v) is 12.4. The molecule has 2 heterocycles. The second kappa shape index (κ2) is 11.0. The molecule has 0 aliphatic carbocycles. The minimum atomic E-state index is -0.279. The number of hydrogen-bond donors (Lipinski definition) is 1. The normalized spacial score (nSPS) is 11.5. The maximum absolute atomic E-state index is 12.8. The van der Waals surface area contributed by atoms with E-state index in [-0.39, 0.29) is 17.7 Å². The van der Waals surface area contributed by atoms with E-state index in [2.05, 4.69) is 33.9 Å². The maximum atomic E-state index is 12.8. The Bertz CT molecular complexity index is 1390. The lowest BCUT2D eigenvalue weighted by Gasteiger charge is -2.16. The number of fused-ring (bicyclic) bond motifs is 1. The van der Waals surface area contributed by atoms with Gasteiger partial charge in [0.05, 0.1) is 19.9 Å². The van der Waals surface area contributed by atoms with E-state index in [4.69, 9.17) is 13.9 Å². The van der Waals surface area contributed by atoms with Crippen molar-refractivity contribution >= 4 is 16.8 Å². The van der Waals surface area contributed by atoms with Crippen LogP contribution in [0, 0.1) is 0 Å². The van der Waals surface area contributed by atoms with Crippen LogP contribution in [0.15, 0.2) is 40.8 Å². The van der Waals surface area contributed by atoms with E-state index in [1.165, 1.54) is 5.56 Å². The highest BCUT2D eigenvalue weighted by atomic mass is 16.5. The van der Waals surface area contributed by atoms with Gasteiger partial charge in [-0.05, 0) is 74.9 Å². The van der Waals surface area contributed by atoms with Crippen molar-refractivity contribution in [3.05, 3.63) is 47.9 Å². The third-order valence-electron chi connectivity index (χ3n) is 6.39. The Labute approximate surface area is 217 Å². The number of aromatic nitrogens is 3. The van der Waals surface area contributed by atoms with Crippen LogP contribution in [-0.4, -0.2) is 79.3 Å². The zero-order valence-electron chi connectivity index (χ0n) is 22.6. The Hall–Kier alpha value is -3.85. The molecule has 0 unspecified atom stereocenters. The molecule has 0 saturated carbocycles. The smallest absolute Gasteiger partial charge is 0.311 e. The lowest BCUT2D eigenvalue weighted by Crippen LogP contribution is -2.30. The summed E-state index contributed by atoms with van der Waals surface area (Å²) in [5, 5.41) is 9.26. The molecule has 0 radical (unpaired) electrons. The number of ether oxygens (including phenoxy) is 2. The lowest BCUT2D eigenvalue weighted by molar-refractivity contribution is 0.0752. The molecule has 9 nitrogen and oxygen atoms in total. The molecule has 1 amide bonds. The molecular weight excluding hydrogens is 470 g/mol. The van der Waals surface area contributed by atoms with E-state index >= 15 is 0 Å². The van der Waals surface area contributed by atoms with Crippen molar-refractivity contribution in [3.63, 3.8) is 0 Å². The fourth-order valence-electron chi connectivity index (χ4n) is 4.48. The fraction of sp³-hybridized carbons (Fsp3) is 0.393. The molecule has 0 aliphatic heterocycles. The molecule has 2 aromatic heterocycles. The van der Waals surface area contributed by atoms with Gasteiger partial charge in [0.1, 0.15) is 0 Å². The number of hydrogen-bond acceptors (Lipinski definition) is 7. The summed E-state index contributed by atoms with van der Waals surface area (Å²) in [4.78, 5) is 20.0. The predicted molar refractivity (Wildman–Crippen MR) is 144 cm³/mol. The summed E-state index contributed by atoms with van der Waals surface area (Å²) < 4.78 is 16.7. The molecule has 196 valence electrons. The van der Waals surface area contributed by atoms with Crippen molar-refractivity contribution in [2.75, 3.05) is 48.5 Å². The zero-order valence-corrected chi connectivity index (χ0v) is 22.6. The average Bonchev–Trinajstić information content (AvgIpc) is 3.52. The largest absolute Gasteiger partial charge is 0.493 e. The van der Waals surface area contributed by atoms with Crippen molar-refractivity contribution in [1.82, 2.24) is 25.0 Å². The van der Waals surface area contributed by atoms with E-state index in [1.54, 1.807) is 26.2 Å². The van der Waals surface area contributed by atoms with E-state index < -0.39 is 0 Å². The molecule has 37 heavy (non-hydrogen) atoms. The van der Waals surface area contributed by atoms with Crippen LogP contribution in [-0.2, 0) is 0 Å². The minimum Gasteiger partial charge on any atom is -0.493 e. The van der Waals surface area contributed by atoms with Gasteiger partial charge in [-0.3, -0.25) is 4.79 Å². The third kappa shape index (κ3) is 5.46. The van der Waals surface area contributed by atoms with Crippen LogP contribution in [0.5, 0.6) is 11.5 Å². The van der Waals surface area contributed by atoms with Gasteiger partial charge in [0.2, 0.25) is 5.89 Å². The Morgan fingerprint density at radius 1 is 0.973 bits per heavy atom. The van der Waals surface area contributed by atoms with Crippen LogP contribution in [0.25, 0.3) is 33.6 Å². The van der Waals surface area contributed by atoms with Gasteiger partial charge < -0.3 is 28.7 Å². The highest BCUT2D eigenvalue weighted by Crippen LogP contribution is 2.40. The van der Waals surface area contributed by atoms with Crippen molar-refractivity contribution < 1.29 is 18.7 Å². The van der Waals surface area contributed by atoms with Crippen molar-refractivity contribution in [2.24, 2.45) is 0 Å². The van der Waals surface area contributed by atoms with Crippen LogP contribution >= 0.6 is 0 Å². The number of nitrogens with zero attached hydrogens (tertiary/aromatic N) is 4. The molecule has 2 aromatic carbocycles. The van der Waals surface area contributed by atoms with E-state index in [0.717, 1.165) is 40.7 Å². The van der Waals surface area contributed by atoms with Gasteiger partial charge in [0.15, 0.2) is 11.5 Å². The summed E-state index contributed by atoms with van der Waals surface area (Å²) in [7, 11) is 9.02. The first kappa shape index (κ1) is 26.2. The summed E-state index contributed by atoms with van der Waals surface area (Å²) in [6.07, 6.45) is 0.862. The number of methoxy groups -OCH3 is 2. The van der Waals surface area contributed by atoms with Crippen LogP contribution in [0.1, 0.15) is 42.4 Å². The molecule has 0 fully saturated rings. The number of H-pyrrole nitrogens is 1. The molecule has 4 rings (SSSR count). The van der Waals surface area contributed by atoms with Crippen LogP contribution in [0.4, 0.5) is 0 Å². The third-order valence-corrected chi connectivity index (χ3v) is 6.39. The highest BCUT2D eigenvalue weighted by molar-refractivity contribution is 5.94. The van der Waals surface area contributed by atoms with E-state index in [1.807, 2.05) is 50.5 Å². The molecule has 0 aliphatic rings. The van der Waals surface area contributed by atoms with Crippen molar-refractivity contribution in [1.29, 1.82) is 0 Å². The standard InChI is InChI=1S/C28H35N5O4/c1-17(2)24-20-15-19(26-30-31-27(37-26)28(34)33(5)14-8-13-32(3)4)9-11-21(20)29-25(24)18-10-12-22(35-6)23(16-18)36-7/h9-12,15-17,29H,8,13-14H2,1-7H3. The molecule has 0 bridgehead atoms. The molecule has 0 spiro atoms. The Morgan fingerprint density at radius 3 is 2.38 bits per heavy atom.